The van der Waals surface area contributed by atoms with Crippen LogP contribution in [0.15, 0.2) is 47.4 Å². The molecule has 4 rings (SSSR count). The maximum Gasteiger partial charge on any atom is 0.259 e. The molecule has 2 heterocycles. The molecular weight excluding hydrogens is 464 g/mol. The molecule has 2 saturated heterocycles. The molecule has 0 bridgehead atoms. The second-order valence-corrected chi connectivity index (χ2v) is 12.5. The summed E-state index contributed by atoms with van der Waals surface area (Å²) in [5, 5.41) is 2.92. The van der Waals surface area contributed by atoms with Crippen LogP contribution in [0.25, 0.3) is 0 Å². The van der Waals surface area contributed by atoms with E-state index in [0.29, 0.717) is 29.1 Å². The normalized spacial score (nSPS) is 18.3. The number of hydrogen-bond acceptors (Lipinski definition) is 6. The third-order valence-electron chi connectivity index (χ3n) is 5.66. The highest BCUT2D eigenvalue weighted by molar-refractivity contribution is 8.19. The number of hydrogen-bond donors (Lipinski definition) is 1. The first-order chi connectivity index (χ1) is 15.5. The van der Waals surface area contributed by atoms with Crippen LogP contribution in [-0.2, 0) is 10.0 Å². The lowest BCUT2D eigenvalue weighted by Crippen LogP contribution is -2.32. The van der Waals surface area contributed by atoms with Gasteiger partial charge in [-0.25, -0.2) is 8.42 Å². The van der Waals surface area contributed by atoms with Gasteiger partial charge in [0.25, 0.3) is 5.91 Å². The number of amides is 1. The molecule has 0 aromatic heterocycles. The van der Waals surface area contributed by atoms with Crippen molar-refractivity contribution in [3.63, 3.8) is 0 Å². The van der Waals surface area contributed by atoms with Crippen molar-refractivity contribution in [3.05, 3.63) is 53.6 Å². The molecule has 0 unspecified atom stereocenters. The number of benzene rings is 2. The van der Waals surface area contributed by atoms with E-state index in [2.05, 4.69) is 11.4 Å². The number of ether oxygens (including phenoxy) is 1. The van der Waals surface area contributed by atoms with Crippen molar-refractivity contribution in [2.24, 2.45) is 0 Å². The van der Waals surface area contributed by atoms with Crippen molar-refractivity contribution >= 4 is 45.1 Å². The highest BCUT2D eigenvalue weighted by Gasteiger charge is 2.27. The van der Waals surface area contributed by atoms with E-state index in [1.807, 2.05) is 41.7 Å². The summed E-state index contributed by atoms with van der Waals surface area (Å²) in [6.07, 6.45) is 3.80. The number of carbonyl (C=O) groups excluding carboxylic acids is 1. The van der Waals surface area contributed by atoms with E-state index in [1.165, 1.54) is 29.1 Å². The minimum absolute atomic E-state index is 0.123. The lowest BCUT2D eigenvalue weighted by molar-refractivity contribution is 0.102. The lowest BCUT2D eigenvalue weighted by Gasteiger charge is -2.20. The molecule has 2 aromatic rings. The van der Waals surface area contributed by atoms with Gasteiger partial charge in [-0.05, 0) is 48.7 Å². The predicted octanol–water partition coefficient (Wildman–Crippen LogP) is 4.99. The van der Waals surface area contributed by atoms with Crippen molar-refractivity contribution in [1.82, 2.24) is 4.31 Å². The average molecular weight is 493 g/mol. The highest BCUT2D eigenvalue weighted by atomic mass is 32.2. The van der Waals surface area contributed by atoms with E-state index in [4.69, 9.17) is 4.74 Å². The maximum atomic E-state index is 13.2. The van der Waals surface area contributed by atoms with E-state index in [9.17, 15) is 13.2 Å². The van der Waals surface area contributed by atoms with Crippen molar-refractivity contribution in [3.8, 4) is 5.75 Å². The molecule has 0 saturated carbocycles. The van der Waals surface area contributed by atoms with Gasteiger partial charge in [-0.2, -0.15) is 4.31 Å². The lowest BCUT2D eigenvalue weighted by atomic mass is 10.1. The van der Waals surface area contributed by atoms with Crippen LogP contribution in [-0.4, -0.2) is 50.3 Å². The molecule has 0 atom stereocenters. The molecule has 0 aliphatic carbocycles. The first-order valence-corrected chi connectivity index (χ1v) is 14.4. The van der Waals surface area contributed by atoms with Gasteiger partial charge in [-0.1, -0.05) is 25.0 Å². The number of methoxy groups -OCH3 is 1. The number of carbonyl (C=O) groups is 1. The Bertz CT molecular complexity index is 1060. The smallest absolute Gasteiger partial charge is 0.259 e. The molecule has 2 aliphatic heterocycles. The monoisotopic (exact) mass is 492 g/mol. The zero-order valence-corrected chi connectivity index (χ0v) is 20.5. The molecule has 0 radical (unpaired) electrons. The fourth-order valence-corrected chi connectivity index (χ4v) is 8.35. The van der Waals surface area contributed by atoms with Crippen LogP contribution in [0.2, 0.25) is 0 Å². The summed E-state index contributed by atoms with van der Waals surface area (Å²) < 4.78 is 33.7. The van der Waals surface area contributed by atoms with Gasteiger partial charge < -0.3 is 10.1 Å². The van der Waals surface area contributed by atoms with Crippen LogP contribution in [0.1, 0.15) is 46.2 Å². The van der Waals surface area contributed by atoms with E-state index in [1.54, 1.807) is 6.07 Å². The Morgan fingerprint density at radius 3 is 2.44 bits per heavy atom. The van der Waals surface area contributed by atoms with Gasteiger partial charge in [0.05, 0.1) is 22.2 Å². The zero-order valence-electron chi connectivity index (χ0n) is 18.1. The van der Waals surface area contributed by atoms with Gasteiger partial charge in [0, 0.05) is 30.3 Å². The molecule has 2 fully saturated rings. The van der Waals surface area contributed by atoms with E-state index >= 15 is 0 Å². The van der Waals surface area contributed by atoms with Gasteiger partial charge in [-0.15, -0.1) is 23.5 Å². The Hall–Kier alpha value is -1.68. The quantitative estimate of drug-likeness (QED) is 0.612. The van der Waals surface area contributed by atoms with Gasteiger partial charge in [0.2, 0.25) is 10.0 Å². The Morgan fingerprint density at radius 2 is 1.75 bits per heavy atom. The van der Waals surface area contributed by atoms with Crippen LogP contribution < -0.4 is 10.1 Å². The molecule has 32 heavy (non-hydrogen) atoms. The fraction of sp³-hybridized carbons (Fsp3) is 0.435. The maximum absolute atomic E-state index is 13.2. The average Bonchev–Trinajstić information content (AvgIpc) is 3.20. The van der Waals surface area contributed by atoms with Crippen LogP contribution in [0, 0.1) is 0 Å². The zero-order chi connectivity index (χ0) is 22.6. The standard InChI is InChI=1S/C23H28N2O4S3/c1-29-21-10-9-19(32(27,28)25-11-4-2-3-5-12-25)16-20(21)22(26)24-18-8-6-7-17(15-18)23-30-13-14-31-23/h6-10,15-16,23H,2-5,11-14H2,1H3,(H,24,26). The summed E-state index contributed by atoms with van der Waals surface area (Å²) in [5.41, 5.74) is 2.06. The van der Waals surface area contributed by atoms with E-state index in [0.717, 1.165) is 37.2 Å². The molecule has 6 nitrogen and oxygen atoms in total. The van der Waals surface area contributed by atoms with Gasteiger partial charge in [0.15, 0.2) is 0 Å². The number of nitrogens with zero attached hydrogens (tertiary/aromatic N) is 1. The van der Waals surface area contributed by atoms with Gasteiger partial charge in [0.1, 0.15) is 5.75 Å². The molecule has 0 spiro atoms. The Morgan fingerprint density at radius 1 is 1.03 bits per heavy atom. The third kappa shape index (κ3) is 5.27. The van der Waals surface area contributed by atoms with Gasteiger partial charge in [-0.3, -0.25) is 4.79 Å². The third-order valence-corrected chi connectivity index (χ3v) is 10.7. The van der Waals surface area contributed by atoms with Crippen molar-refractivity contribution in [2.75, 3.05) is 37.0 Å². The molecule has 9 heteroatoms. The minimum atomic E-state index is -3.66. The molecule has 1 N–H and O–H groups in total. The number of nitrogens with one attached hydrogen (secondary N) is 1. The van der Waals surface area contributed by atoms with Crippen LogP contribution >= 0.6 is 23.5 Å². The Balaban J connectivity index is 1.58. The second kappa shape index (κ2) is 10.5. The van der Waals surface area contributed by atoms with E-state index < -0.39 is 15.9 Å². The topological polar surface area (TPSA) is 75.7 Å². The first-order valence-electron chi connectivity index (χ1n) is 10.8. The summed E-state index contributed by atoms with van der Waals surface area (Å²) in [6.45, 7) is 1.03. The van der Waals surface area contributed by atoms with Crippen LogP contribution in [0.5, 0.6) is 5.75 Å². The summed E-state index contributed by atoms with van der Waals surface area (Å²) in [6, 6.07) is 12.3. The van der Waals surface area contributed by atoms with Crippen molar-refractivity contribution in [2.45, 2.75) is 35.2 Å². The van der Waals surface area contributed by atoms with Crippen molar-refractivity contribution < 1.29 is 17.9 Å². The molecule has 172 valence electrons. The molecule has 2 aromatic carbocycles. The number of thioether (sulfide) groups is 2. The van der Waals surface area contributed by atoms with Crippen LogP contribution in [0.3, 0.4) is 0 Å². The molecular formula is C23H28N2O4S3. The first kappa shape index (κ1) is 23.5. The fourth-order valence-electron chi connectivity index (χ4n) is 3.97. The molecule has 1 amide bonds. The number of sulfonamides is 1. The van der Waals surface area contributed by atoms with Gasteiger partial charge >= 0.3 is 0 Å². The second-order valence-electron chi connectivity index (χ2n) is 7.83. The largest absolute Gasteiger partial charge is 0.496 e. The van der Waals surface area contributed by atoms with E-state index in [-0.39, 0.29) is 10.5 Å². The SMILES string of the molecule is COc1ccc(S(=O)(=O)N2CCCCCC2)cc1C(=O)Nc1cccc(C2SCCS2)c1. The summed E-state index contributed by atoms with van der Waals surface area (Å²) >= 11 is 3.81. The Labute approximate surface area is 198 Å². The highest BCUT2D eigenvalue weighted by Crippen LogP contribution is 2.45. The summed E-state index contributed by atoms with van der Waals surface area (Å²) in [7, 11) is -2.19. The summed E-state index contributed by atoms with van der Waals surface area (Å²) in [5.74, 6) is 2.21. The minimum Gasteiger partial charge on any atom is -0.496 e. The number of rotatable bonds is 6. The Kier molecular flexibility index (Phi) is 7.70. The van der Waals surface area contributed by atoms with Crippen LogP contribution in [0.4, 0.5) is 5.69 Å². The predicted molar refractivity (Wildman–Crippen MR) is 132 cm³/mol. The van der Waals surface area contributed by atoms with Crippen molar-refractivity contribution in [1.29, 1.82) is 0 Å². The molecule has 2 aliphatic rings. The number of anilines is 1. The summed E-state index contributed by atoms with van der Waals surface area (Å²) in [4.78, 5) is 13.2.